The lowest BCUT2D eigenvalue weighted by Crippen LogP contribution is -2.63. The predicted molar refractivity (Wildman–Crippen MR) is 131 cm³/mol. The lowest BCUT2D eigenvalue weighted by Gasteiger charge is -2.50. The number of hydrogen-bond acceptors (Lipinski definition) is 6. The molecule has 5 rings (SSSR count). The molecule has 1 atom stereocenters. The number of aromatic hydroxyl groups is 1. The summed E-state index contributed by atoms with van der Waals surface area (Å²) >= 11 is 0. The van der Waals surface area contributed by atoms with Gasteiger partial charge in [-0.05, 0) is 35.1 Å². The molecule has 182 valence electrons. The SMILES string of the molecule is COCCC1N(CCO)C(=O)c2c(O)c(=O)ccn2N1C1c2ccccc2CCc2ccccc21. The highest BCUT2D eigenvalue weighted by atomic mass is 16.5. The number of benzene rings is 2. The van der Waals surface area contributed by atoms with Gasteiger partial charge in [0, 0.05) is 38.9 Å². The molecule has 8 nitrogen and oxygen atoms in total. The van der Waals surface area contributed by atoms with E-state index in [-0.39, 0.29) is 24.9 Å². The number of aromatic nitrogens is 1. The molecule has 1 aliphatic carbocycles. The maximum absolute atomic E-state index is 13.6. The second kappa shape index (κ2) is 9.56. The van der Waals surface area contributed by atoms with Crippen LogP contribution >= 0.6 is 0 Å². The number of fused-ring (bicyclic) bond motifs is 3. The van der Waals surface area contributed by atoms with E-state index in [1.165, 1.54) is 22.1 Å². The van der Waals surface area contributed by atoms with Crippen LogP contribution in [0.2, 0.25) is 0 Å². The van der Waals surface area contributed by atoms with Crippen molar-refractivity contribution in [1.82, 2.24) is 9.58 Å². The van der Waals surface area contributed by atoms with E-state index in [9.17, 15) is 19.8 Å². The normalized spacial score (nSPS) is 17.5. The molecule has 1 aromatic heterocycles. The molecule has 1 amide bonds. The highest BCUT2D eigenvalue weighted by molar-refractivity contribution is 5.96. The van der Waals surface area contributed by atoms with Crippen LogP contribution in [0.15, 0.2) is 65.6 Å². The highest BCUT2D eigenvalue weighted by Gasteiger charge is 2.44. The molecule has 1 unspecified atom stereocenters. The Labute approximate surface area is 203 Å². The molecule has 8 heteroatoms. The number of nitrogens with zero attached hydrogens (tertiary/aromatic N) is 3. The van der Waals surface area contributed by atoms with E-state index < -0.39 is 23.3 Å². The van der Waals surface area contributed by atoms with Crippen LogP contribution in [0.25, 0.3) is 0 Å². The van der Waals surface area contributed by atoms with Gasteiger partial charge in [-0.3, -0.25) is 19.3 Å². The minimum Gasteiger partial charge on any atom is -0.502 e. The molecule has 2 aliphatic rings. The zero-order valence-electron chi connectivity index (χ0n) is 19.6. The van der Waals surface area contributed by atoms with E-state index in [2.05, 4.69) is 24.3 Å². The first-order valence-corrected chi connectivity index (χ1v) is 11.9. The number of methoxy groups -OCH3 is 1. The smallest absolute Gasteiger partial charge is 0.278 e. The molecule has 1 aliphatic heterocycles. The number of amides is 1. The number of carbonyl (C=O) groups is 1. The number of hydrogen-bond donors (Lipinski definition) is 2. The third-order valence-electron chi connectivity index (χ3n) is 6.98. The van der Waals surface area contributed by atoms with Gasteiger partial charge in [0.25, 0.3) is 5.91 Å². The van der Waals surface area contributed by atoms with Crippen molar-refractivity contribution in [2.24, 2.45) is 0 Å². The average Bonchev–Trinajstić information content (AvgIpc) is 3.04. The van der Waals surface area contributed by atoms with Crippen molar-refractivity contribution in [3.05, 3.63) is 99.0 Å². The molecule has 0 radical (unpaired) electrons. The fraction of sp³-hybridized carbons (Fsp3) is 0.333. The van der Waals surface area contributed by atoms with Crippen LogP contribution in [-0.2, 0) is 17.6 Å². The molecule has 2 heterocycles. The molecule has 0 spiro atoms. The minimum atomic E-state index is -0.620. The van der Waals surface area contributed by atoms with E-state index in [4.69, 9.17) is 4.74 Å². The topological polar surface area (TPSA) is 95.2 Å². The van der Waals surface area contributed by atoms with Crippen LogP contribution in [0.3, 0.4) is 0 Å². The van der Waals surface area contributed by atoms with Crippen molar-refractivity contribution in [2.45, 2.75) is 31.5 Å². The first-order chi connectivity index (χ1) is 17.1. The van der Waals surface area contributed by atoms with Gasteiger partial charge in [0.2, 0.25) is 5.43 Å². The number of carbonyl (C=O) groups excluding carboxylic acids is 1. The first kappa shape index (κ1) is 23.1. The van der Waals surface area contributed by atoms with Gasteiger partial charge in [-0.25, -0.2) is 0 Å². The van der Waals surface area contributed by atoms with E-state index >= 15 is 0 Å². The highest BCUT2D eigenvalue weighted by Crippen LogP contribution is 2.40. The lowest BCUT2D eigenvalue weighted by atomic mass is 9.93. The van der Waals surface area contributed by atoms with Gasteiger partial charge in [0.05, 0.1) is 12.6 Å². The molecule has 2 N–H and O–H groups in total. The molecule has 0 saturated heterocycles. The monoisotopic (exact) mass is 475 g/mol. The summed E-state index contributed by atoms with van der Waals surface area (Å²) in [7, 11) is 1.61. The van der Waals surface area contributed by atoms with Crippen molar-refractivity contribution in [3.8, 4) is 5.75 Å². The number of pyridine rings is 1. The Bertz CT molecular complexity index is 1260. The van der Waals surface area contributed by atoms with Gasteiger partial charge in [-0.2, -0.15) is 0 Å². The van der Waals surface area contributed by atoms with Gasteiger partial charge in [0.15, 0.2) is 11.4 Å². The van der Waals surface area contributed by atoms with Crippen molar-refractivity contribution < 1.29 is 19.7 Å². The van der Waals surface area contributed by atoms with Crippen molar-refractivity contribution in [1.29, 1.82) is 0 Å². The lowest BCUT2D eigenvalue weighted by molar-refractivity contribution is 0.0430. The summed E-state index contributed by atoms with van der Waals surface area (Å²) in [4.78, 5) is 27.5. The molecular weight excluding hydrogens is 446 g/mol. The third kappa shape index (κ3) is 3.88. The summed E-state index contributed by atoms with van der Waals surface area (Å²) in [5, 5.41) is 22.6. The van der Waals surface area contributed by atoms with Crippen LogP contribution < -0.4 is 10.4 Å². The van der Waals surface area contributed by atoms with E-state index in [0.29, 0.717) is 13.0 Å². The van der Waals surface area contributed by atoms with Crippen LogP contribution in [-0.4, -0.2) is 58.7 Å². The molecule has 0 bridgehead atoms. The molecular formula is C27H29N3O5. The zero-order chi connectivity index (χ0) is 24.5. The molecule has 0 fully saturated rings. The standard InChI is InChI=1S/C27H29N3O5/c1-35-17-13-23-28(15-16-31)27(34)25-26(33)22(32)12-14-29(25)30(23)24-20-8-4-2-6-18(20)10-11-19-7-3-5-9-21(19)24/h2-9,12,14,23-24,31,33H,10-11,13,15-17H2,1H3. The fourth-order valence-electron chi connectivity index (χ4n) is 5.41. The van der Waals surface area contributed by atoms with Gasteiger partial charge in [-0.15, -0.1) is 0 Å². The van der Waals surface area contributed by atoms with Crippen LogP contribution in [0, 0.1) is 0 Å². The second-order valence-corrected chi connectivity index (χ2v) is 8.89. The van der Waals surface area contributed by atoms with Crippen molar-refractivity contribution >= 4 is 5.91 Å². The van der Waals surface area contributed by atoms with Gasteiger partial charge < -0.3 is 19.8 Å². The predicted octanol–water partition coefficient (Wildman–Crippen LogP) is 2.19. The summed E-state index contributed by atoms with van der Waals surface area (Å²) in [6.07, 6.45) is 3.29. The summed E-state index contributed by atoms with van der Waals surface area (Å²) < 4.78 is 7.02. The number of β-amino-alcohol motifs (C(OH)–C–C–N with tert-alkyl or cyclic N) is 1. The first-order valence-electron chi connectivity index (χ1n) is 11.9. The largest absolute Gasteiger partial charge is 0.502 e. The second-order valence-electron chi connectivity index (χ2n) is 8.89. The van der Waals surface area contributed by atoms with Crippen LogP contribution in [0.1, 0.15) is 45.2 Å². The average molecular weight is 476 g/mol. The maximum atomic E-state index is 13.6. The van der Waals surface area contributed by atoms with Crippen molar-refractivity contribution in [3.63, 3.8) is 0 Å². The Morgan fingerprint density at radius 1 is 0.971 bits per heavy atom. The number of aliphatic hydroxyl groups excluding tert-OH is 1. The van der Waals surface area contributed by atoms with E-state index in [0.717, 1.165) is 24.0 Å². The molecule has 35 heavy (non-hydrogen) atoms. The number of rotatable bonds is 6. The van der Waals surface area contributed by atoms with Gasteiger partial charge in [-0.1, -0.05) is 48.5 Å². The zero-order valence-corrected chi connectivity index (χ0v) is 19.6. The Morgan fingerprint density at radius 3 is 2.20 bits per heavy atom. The van der Waals surface area contributed by atoms with Crippen LogP contribution in [0.4, 0.5) is 0 Å². The van der Waals surface area contributed by atoms with E-state index in [1.54, 1.807) is 18.0 Å². The number of aryl methyl sites for hydroxylation is 2. The summed E-state index contributed by atoms with van der Waals surface area (Å²) in [5.41, 5.74) is 3.89. The molecule has 3 aromatic rings. The maximum Gasteiger partial charge on any atom is 0.278 e. The quantitative estimate of drug-likeness (QED) is 0.568. The fourth-order valence-corrected chi connectivity index (χ4v) is 5.41. The van der Waals surface area contributed by atoms with Gasteiger partial charge in [0.1, 0.15) is 6.17 Å². The van der Waals surface area contributed by atoms with Crippen LogP contribution in [0.5, 0.6) is 5.75 Å². The van der Waals surface area contributed by atoms with E-state index in [1.807, 2.05) is 29.3 Å². The number of aliphatic hydroxyl groups is 1. The summed E-state index contributed by atoms with van der Waals surface area (Å²) in [6, 6.07) is 17.5. The Hall–Kier alpha value is -3.62. The third-order valence-corrected chi connectivity index (χ3v) is 6.98. The Balaban J connectivity index is 1.82. The molecule has 0 saturated carbocycles. The minimum absolute atomic E-state index is 0.0578. The number of ether oxygens (including phenoxy) is 1. The summed E-state index contributed by atoms with van der Waals surface area (Å²) in [6.45, 7) is 0.189. The Kier molecular flexibility index (Phi) is 6.32. The van der Waals surface area contributed by atoms with Crippen molar-refractivity contribution in [2.75, 3.05) is 31.9 Å². The molecule has 2 aromatic carbocycles. The summed E-state index contributed by atoms with van der Waals surface area (Å²) in [5.74, 6) is -1.09. The Morgan fingerprint density at radius 2 is 1.60 bits per heavy atom. The van der Waals surface area contributed by atoms with Gasteiger partial charge >= 0.3 is 0 Å².